The van der Waals surface area contributed by atoms with E-state index in [0.29, 0.717) is 12.1 Å². The summed E-state index contributed by atoms with van der Waals surface area (Å²) in [5.41, 5.74) is 12.6. The van der Waals surface area contributed by atoms with E-state index >= 15 is 0 Å². The normalized spacial score (nSPS) is 14.8. The SMILES string of the molecule is CCC(C)C(NC(=O)C(N)Cc1ccccc1)C(=O)NC(CC(N)=O)C(=O)NC(Cc1cnc[nH]1)C(=O)O. The number of benzene rings is 1. The molecule has 206 valence electrons. The van der Waals surface area contributed by atoms with Gasteiger partial charge in [-0.05, 0) is 17.9 Å². The van der Waals surface area contributed by atoms with Crippen LogP contribution in [0, 0.1) is 5.92 Å². The van der Waals surface area contributed by atoms with E-state index in [1.165, 1.54) is 12.5 Å². The summed E-state index contributed by atoms with van der Waals surface area (Å²) < 4.78 is 0. The number of hydrogen-bond acceptors (Lipinski definition) is 7. The van der Waals surface area contributed by atoms with Gasteiger partial charge in [-0.3, -0.25) is 19.2 Å². The molecule has 1 aromatic heterocycles. The zero-order valence-corrected chi connectivity index (χ0v) is 21.3. The number of aromatic amines is 1. The van der Waals surface area contributed by atoms with Gasteiger partial charge < -0.3 is 37.5 Å². The van der Waals surface area contributed by atoms with Gasteiger partial charge in [0.25, 0.3) is 0 Å². The summed E-state index contributed by atoms with van der Waals surface area (Å²) in [6.45, 7) is 3.56. The van der Waals surface area contributed by atoms with Crippen LogP contribution in [-0.2, 0) is 36.8 Å². The second-order valence-electron chi connectivity index (χ2n) is 9.08. The van der Waals surface area contributed by atoms with Crippen LogP contribution in [0.3, 0.4) is 0 Å². The van der Waals surface area contributed by atoms with Crippen LogP contribution in [0.4, 0.5) is 0 Å². The minimum atomic E-state index is -1.47. The van der Waals surface area contributed by atoms with Crippen molar-refractivity contribution in [2.75, 3.05) is 0 Å². The molecule has 38 heavy (non-hydrogen) atoms. The van der Waals surface area contributed by atoms with Crippen LogP contribution in [0.2, 0.25) is 0 Å². The summed E-state index contributed by atoms with van der Waals surface area (Å²) in [6, 6.07) is 4.31. The molecule has 0 fully saturated rings. The van der Waals surface area contributed by atoms with Gasteiger partial charge in [0.1, 0.15) is 18.1 Å². The van der Waals surface area contributed by atoms with Crippen molar-refractivity contribution in [3.8, 4) is 0 Å². The zero-order chi connectivity index (χ0) is 28.2. The van der Waals surface area contributed by atoms with Crippen LogP contribution in [0.25, 0.3) is 0 Å². The molecule has 0 spiro atoms. The van der Waals surface area contributed by atoms with E-state index in [2.05, 4.69) is 25.9 Å². The molecule has 0 aliphatic rings. The van der Waals surface area contributed by atoms with E-state index < -0.39 is 60.2 Å². The number of hydrogen-bond donors (Lipinski definition) is 7. The Morgan fingerprint density at radius 2 is 1.63 bits per heavy atom. The van der Waals surface area contributed by atoms with Crippen LogP contribution >= 0.6 is 0 Å². The minimum absolute atomic E-state index is 0.108. The number of carbonyl (C=O) groups is 5. The number of amides is 4. The molecule has 2 rings (SSSR count). The summed E-state index contributed by atoms with van der Waals surface area (Å²) in [7, 11) is 0. The Balaban J connectivity index is 2.13. The van der Waals surface area contributed by atoms with E-state index in [1.807, 2.05) is 37.3 Å². The highest BCUT2D eigenvalue weighted by Gasteiger charge is 2.33. The van der Waals surface area contributed by atoms with E-state index in [-0.39, 0.29) is 18.8 Å². The first-order valence-electron chi connectivity index (χ1n) is 12.2. The Labute approximate surface area is 220 Å². The third-order valence-electron chi connectivity index (χ3n) is 6.06. The summed E-state index contributed by atoms with van der Waals surface area (Å²) >= 11 is 0. The Morgan fingerprint density at radius 3 is 2.18 bits per heavy atom. The van der Waals surface area contributed by atoms with E-state index in [1.54, 1.807) is 6.92 Å². The van der Waals surface area contributed by atoms with Crippen molar-refractivity contribution in [3.63, 3.8) is 0 Å². The first kappa shape index (κ1) is 30.0. The smallest absolute Gasteiger partial charge is 0.326 e. The molecule has 1 aromatic carbocycles. The third kappa shape index (κ3) is 9.32. The third-order valence-corrected chi connectivity index (χ3v) is 6.06. The number of nitrogens with one attached hydrogen (secondary N) is 4. The summed E-state index contributed by atoms with van der Waals surface area (Å²) in [5, 5.41) is 16.9. The summed E-state index contributed by atoms with van der Waals surface area (Å²) in [5.74, 6) is -4.78. The number of H-pyrrole nitrogens is 1. The van der Waals surface area contributed by atoms with Crippen molar-refractivity contribution in [1.29, 1.82) is 0 Å². The average molecular weight is 530 g/mol. The maximum atomic E-state index is 13.2. The largest absolute Gasteiger partial charge is 0.480 e. The Morgan fingerprint density at radius 1 is 0.974 bits per heavy atom. The van der Waals surface area contributed by atoms with Crippen molar-refractivity contribution in [2.45, 2.75) is 63.7 Å². The highest BCUT2D eigenvalue weighted by Crippen LogP contribution is 2.11. The van der Waals surface area contributed by atoms with Gasteiger partial charge in [0.15, 0.2) is 0 Å². The molecular formula is C25H35N7O6. The molecule has 4 amide bonds. The number of rotatable bonds is 15. The number of nitrogens with zero attached hydrogens (tertiary/aromatic N) is 1. The second-order valence-corrected chi connectivity index (χ2v) is 9.08. The van der Waals surface area contributed by atoms with Gasteiger partial charge in [-0.1, -0.05) is 50.6 Å². The molecule has 0 aliphatic carbocycles. The van der Waals surface area contributed by atoms with Crippen molar-refractivity contribution in [3.05, 3.63) is 54.1 Å². The molecule has 1 heterocycles. The number of imidazole rings is 1. The van der Waals surface area contributed by atoms with Crippen LogP contribution < -0.4 is 27.4 Å². The molecule has 0 saturated carbocycles. The quantitative estimate of drug-likeness (QED) is 0.151. The fourth-order valence-electron chi connectivity index (χ4n) is 3.68. The molecule has 5 unspecified atom stereocenters. The van der Waals surface area contributed by atoms with Crippen LogP contribution in [0.1, 0.15) is 37.9 Å². The van der Waals surface area contributed by atoms with Crippen LogP contribution in [0.5, 0.6) is 0 Å². The molecule has 0 bridgehead atoms. The molecule has 0 aliphatic heterocycles. The second kappa shape index (κ2) is 14.5. The van der Waals surface area contributed by atoms with Crippen molar-refractivity contribution in [1.82, 2.24) is 25.9 Å². The highest BCUT2D eigenvalue weighted by atomic mass is 16.4. The standard InChI is InChI=1S/C25H35N7O6/c1-3-14(2)21(32-22(34)17(26)9-15-7-5-4-6-8-15)24(36)30-18(11-20(27)33)23(35)31-19(25(37)38)10-16-12-28-13-29-16/h4-8,12-14,17-19,21H,3,9-11,26H2,1-2H3,(H2,27,33)(H,28,29)(H,30,36)(H,31,35)(H,32,34)(H,37,38). The summed E-state index contributed by atoms with van der Waals surface area (Å²) in [6.07, 6.45) is 2.84. The number of aliphatic carboxylic acids is 1. The zero-order valence-electron chi connectivity index (χ0n) is 21.3. The van der Waals surface area contributed by atoms with Gasteiger partial charge in [-0.2, -0.15) is 0 Å². The van der Waals surface area contributed by atoms with Gasteiger partial charge in [-0.15, -0.1) is 0 Å². The molecule has 5 atom stereocenters. The Hall–Kier alpha value is -4.26. The molecule has 0 radical (unpaired) electrons. The van der Waals surface area contributed by atoms with Gasteiger partial charge in [0.2, 0.25) is 23.6 Å². The number of carboxylic acid groups (broad SMARTS) is 1. The fourth-order valence-corrected chi connectivity index (χ4v) is 3.68. The van der Waals surface area contributed by atoms with Gasteiger partial charge in [0.05, 0.1) is 18.8 Å². The lowest BCUT2D eigenvalue weighted by Crippen LogP contribution is -2.59. The van der Waals surface area contributed by atoms with Gasteiger partial charge >= 0.3 is 5.97 Å². The van der Waals surface area contributed by atoms with Crippen molar-refractivity contribution >= 4 is 29.6 Å². The predicted molar refractivity (Wildman–Crippen MR) is 137 cm³/mol. The first-order valence-corrected chi connectivity index (χ1v) is 12.2. The highest BCUT2D eigenvalue weighted by molar-refractivity contribution is 5.96. The molecule has 0 saturated heterocycles. The van der Waals surface area contributed by atoms with E-state index in [4.69, 9.17) is 11.5 Å². The van der Waals surface area contributed by atoms with E-state index in [0.717, 1.165) is 5.56 Å². The maximum absolute atomic E-state index is 13.2. The lowest BCUT2D eigenvalue weighted by molar-refractivity contribution is -0.142. The van der Waals surface area contributed by atoms with Crippen LogP contribution in [0.15, 0.2) is 42.9 Å². The number of primary amides is 1. The molecular weight excluding hydrogens is 494 g/mol. The number of nitrogens with two attached hydrogens (primary N) is 2. The Kier molecular flexibility index (Phi) is 11.4. The van der Waals surface area contributed by atoms with Gasteiger partial charge in [-0.25, -0.2) is 9.78 Å². The molecule has 9 N–H and O–H groups in total. The fraction of sp³-hybridized carbons (Fsp3) is 0.440. The monoisotopic (exact) mass is 529 g/mol. The lowest BCUT2D eigenvalue weighted by atomic mass is 9.96. The van der Waals surface area contributed by atoms with E-state index in [9.17, 15) is 29.1 Å². The molecule has 2 aromatic rings. The predicted octanol–water partition coefficient (Wildman–Crippen LogP) is -1.02. The average Bonchev–Trinajstić information content (AvgIpc) is 3.39. The van der Waals surface area contributed by atoms with Crippen molar-refractivity contribution < 1.29 is 29.1 Å². The number of aromatic nitrogens is 2. The Bertz CT molecular complexity index is 1090. The number of carbonyl (C=O) groups excluding carboxylic acids is 4. The maximum Gasteiger partial charge on any atom is 0.326 e. The minimum Gasteiger partial charge on any atom is -0.480 e. The van der Waals surface area contributed by atoms with Crippen molar-refractivity contribution in [2.24, 2.45) is 17.4 Å². The van der Waals surface area contributed by atoms with Crippen LogP contribution in [-0.4, -0.2) is 68.8 Å². The topological polar surface area (TPSA) is 222 Å². The molecule has 13 heteroatoms. The first-order chi connectivity index (χ1) is 18.0. The van der Waals surface area contributed by atoms with Gasteiger partial charge in [0, 0.05) is 18.3 Å². The molecule has 13 nitrogen and oxygen atoms in total. The number of carboxylic acids is 1. The lowest BCUT2D eigenvalue weighted by Gasteiger charge is -2.27. The summed E-state index contributed by atoms with van der Waals surface area (Å²) in [4.78, 5) is 68.8.